The molecule has 2 aromatic carbocycles. The van der Waals surface area contributed by atoms with Gasteiger partial charge >= 0.3 is 0 Å². The number of hydrogen-bond acceptors (Lipinski definition) is 4. The van der Waals surface area contributed by atoms with E-state index in [1.807, 2.05) is 42.5 Å². The van der Waals surface area contributed by atoms with Crippen molar-refractivity contribution in [3.05, 3.63) is 59.9 Å². The summed E-state index contributed by atoms with van der Waals surface area (Å²) < 4.78 is 13.4. The molecule has 2 heterocycles. The maximum absolute atomic E-state index is 9.79. The van der Waals surface area contributed by atoms with Crippen LogP contribution in [0.2, 0.25) is 0 Å². The molecule has 4 rings (SSSR count). The zero-order valence-electron chi connectivity index (χ0n) is 14.3. The molecule has 0 saturated carbocycles. The molecule has 1 aliphatic heterocycles. The first-order valence-electron chi connectivity index (χ1n) is 8.51. The second-order valence-corrected chi connectivity index (χ2v) is 6.86. The lowest BCUT2D eigenvalue weighted by atomic mass is 9.87. The van der Waals surface area contributed by atoms with E-state index in [1.165, 1.54) is 5.56 Å². The van der Waals surface area contributed by atoms with Crippen molar-refractivity contribution in [1.29, 1.82) is 0 Å². The van der Waals surface area contributed by atoms with Gasteiger partial charge in [0.2, 0.25) is 0 Å². The number of benzene rings is 2. The van der Waals surface area contributed by atoms with E-state index in [0.717, 1.165) is 22.6 Å². The summed E-state index contributed by atoms with van der Waals surface area (Å²) in [7, 11) is 0. The van der Waals surface area contributed by atoms with Gasteiger partial charge in [-0.25, -0.2) is 4.98 Å². The average molecular weight is 338 g/mol. The SMILES string of the molecule is Cc1ccc(OCc2nc3ccccc3n2CC2(CO)COC2)cc1. The number of nitrogens with zero attached hydrogens (tertiary/aromatic N) is 2. The van der Waals surface area contributed by atoms with Gasteiger partial charge in [-0.2, -0.15) is 0 Å². The molecule has 0 atom stereocenters. The number of fused-ring (bicyclic) bond motifs is 1. The minimum atomic E-state index is -0.220. The third kappa shape index (κ3) is 3.13. The lowest BCUT2D eigenvalue weighted by Gasteiger charge is -2.40. The van der Waals surface area contributed by atoms with E-state index in [4.69, 9.17) is 14.5 Å². The predicted octanol–water partition coefficient (Wildman–Crippen LogP) is 2.93. The number of para-hydroxylation sites is 2. The molecule has 0 aliphatic carbocycles. The van der Waals surface area contributed by atoms with Crippen LogP contribution in [0, 0.1) is 12.3 Å². The molecule has 3 aromatic rings. The van der Waals surface area contributed by atoms with E-state index in [-0.39, 0.29) is 12.0 Å². The van der Waals surface area contributed by atoms with Gasteiger partial charge in [0.1, 0.15) is 18.2 Å². The summed E-state index contributed by atoms with van der Waals surface area (Å²) in [6, 6.07) is 16.1. The highest BCUT2D eigenvalue weighted by molar-refractivity contribution is 5.75. The molecule has 0 bridgehead atoms. The zero-order chi connectivity index (χ0) is 17.3. The maximum Gasteiger partial charge on any atom is 0.148 e. The molecule has 25 heavy (non-hydrogen) atoms. The van der Waals surface area contributed by atoms with Crippen LogP contribution in [-0.4, -0.2) is 34.5 Å². The molecule has 1 aromatic heterocycles. The second kappa shape index (κ2) is 6.50. The number of aryl methyl sites for hydroxylation is 1. The molecular formula is C20H22N2O3. The topological polar surface area (TPSA) is 56.5 Å². The van der Waals surface area contributed by atoms with E-state index >= 15 is 0 Å². The van der Waals surface area contributed by atoms with Crippen LogP contribution in [0.15, 0.2) is 48.5 Å². The first-order chi connectivity index (χ1) is 12.2. The second-order valence-electron chi connectivity index (χ2n) is 6.86. The summed E-state index contributed by atoms with van der Waals surface area (Å²) in [5.74, 6) is 1.69. The first kappa shape index (κ1) is 16.1. The minimum Gasteiger partial charge on any atom is -0.486 e. The van der Waals surface area contributed by atoms with Crippen LogP contribution in [0.4, 0.5) is 0 Å². The normalized spacial score (nSPS) is 15.9. The van der Waals surface area contributed by atoms with E-state index in [2.05, 4.69) is 17.6 Å². The van der Waals surface area contributed by atoms with Gasteiger partial charge in [0.15, 0.2) is 0 Å². The molecule has 5 nitrogen and oxygen atoms in total. The monoisotopic (exact) mass is 338 g/mol. The van der Waals surface area contributed by atoms with Gasteiger partial charge in [0, 0.05) is 6.54 Å². The number of hydrogen-bond donors (Lipinski definition) is 1. The van der Waals surface area contributed by atoms with E-state index in [0.29, 0.717) is 26.4 Å². The van der Waals surface area contributed by atoms with Crippen molar-refractivity contribution in [1.82, 2.24) is 9.55 Å². The summed E-state index contributed by atoms with van der Waals surface area (Å²) in [6.07, 6.45) is 0. The van der Waals surface area contributed by atoms with Crippen molar-refractivity contribution in [2.45, 2.75) is 20.1 Å². The molecule has 0 spiro atoms. The number of imidazole rings is 1. The van der Waals surface area contributed by atoms with Crippen LogP contribution in [0.3, 0.4) is 0 Å². The number of ether oxygens (including phenoxy) is 2. The highest BCUT2D eigenvalue weighted by Gasteiger charge is 2.39. The molecule has 0 unspecified atom stereocenters. The Kier molecular flexibility index (Phi) is 4.19. The van der Waals surface area contributed by atoms with Gasteiger partial charge in [-0.05, 0) is 31.2 Å². The molecule has 1 fully saturated rings. The van der Waals surface area contributed by atoms with Gasteiger partial charge < -0.3 is 19.1 Å². The van der Waals surface area contributed by atoms with Gasteiger partial charge in [-0.15, -0.1) is 0 Å². The Bertz CT molecular complexity index is 861. The zero-order valence-corrected chi connectivity index (χ0v) is 14.3. The Hall–Kier alpha value is -2.37. The van der Waals surface area contributed by atoms with Crippen LogP contribution in [0.5, 0.6) is 5.75 Å². The summed E-state index contributed by atoms with van der Waals surface area (Å²) >= 11 is 0. The van der Waals surface area contributed by atoms with Crippen molar-refractivity contribution in [2.75, 3.05) is 19.8 Å². The Morgan fingerprint density at radius 3 is 2.60 bits per heavy atom. The van der Waals surface area contributed by atoms with E-state index in [9.17, 15) is 5.11 Å². The average Bonchev–Trinajstić information content (AvgIpc) is 2.95. The van der Waals surface area contributed by atoms with Crippen LogP contribution in [0.1, 0.15) is 11.4 Å². The van der Waals surface area contributed by atoms with E-state index < -0.39 is 0 Å². The molecular weight excluding hydrogens is 316 g/mol. The molecule has 0 amide bonds. The van der Waals surface area contributed by atoms with Crippen molar-refractivity contribution >= 4 is 11.0 Å². The molecule has 130 valence electrons. The third-order valence-electron chi connectivity index (χ3n) is 4.77. The molecule has 1 aliphatic rings. The Morgan fingerprint density at radius 1 is 1.16 bits per heavy atom. The molecule has 5 heteroatoms. The van der Waals surface area contributed by atoms with Gasteiger partial charge in [-0.1, -0.05) is 29.8 Å². The maximum atomic E-state index is 9.79. The predicted molar refractivity (Wildman–Crippen MR) is 95.6 cm³/mol. The van der Waals surface area contributed by atoms with Gasteiger partial charge in [0.25, 0.3) is 0 Å². The summed E-state index contributed by atoms with van der Waals surface area (Å²) in [5.41, 5.74) is 2.99. The van der Waals surface area contributed by atoms with Crippen molar-refractivity contribution in [3.8, 4) is 5.75 Å². The smallest absolute Gasteiger partial charge is 0.148 e. The molecule has 1 saturated heterocycles. The van der Waals surface area contributed by atoms with Gasteiger partial charge in [-0.3, -0.25) is 0 Å². The van der Waals surface area contributed by atoms with Crippen LogP contribution in [-0.2, 0) is 17.9 Å². The fourth-order valence-electron chi connectivity index (χ4n) is 3.15. The largest absolute Gasteiger partial charge is 0.486 e. The van der Waals surface area contributed by atoms with Crippen molar-refractivity contribution in [3.63, 3.8) is 0 Å². The fourth-order valence-corrected chi connectivity index (χ4v) is 3.15. The number of aliphatic hydroxyl groups is 1. The minimum absolute atomic E-state index is 0.109. The molecule has 1 N–H and O–H groups in total. The Balaban J connectivity index is 1.62. The summed E-state index contributed by atoms with van der Waals surface area (Å²) in [6.45, 7) is 4.38. The lowest BCUT2D eigenvalue weighted by Crippen LogP contribution is -2.48. The highest BCUT2D eigenvalue weighted by atomic mass is 16.5. The number of rotatable bonds is 6. The Morgan fingerprint density at radius 2 is 1.92 bits per heavy atom. The van der Waals surface area contributed by atoms with Crippen LogP contribution in [0.25, 0.3) is 11.0 Å². The van der Waals surface area contributed by atoms with Crippen molar-refractivity contribution < 1.29 is 14.6 Å². The standard InChI is InChI=1S/C20H22N2O3/c1-15-6-8-16(9-7-15)25-10-19-21-17-4-2-3-5-18(17)22(19)11-20(12-23)13-24-14-20/h2-9,23H,10-14H2,1H3. The first-order valence-corrected chi connectivity index (χ1v) is 8.51. The number of aromatic nitrogens is 2. The van der Waals surface area contributed by atoms with Crippen LogP contribution < -0.4 is 4.74 Å². The third-order valence-corrected chi connectivity index (χ3v) is 4.77. The quantitative estimate of drug-likeness (QED) is 0.751. The van der Waals surface area contributed by atoms with Gasteiger partial charge in [0.05, 0.1) is 36.3 Å². The van der Waals surface area contributed by atoms with Crippen LogP contribution >= 0.6 is 0 Å². The number of aliphatic hydroxyl groups excluding tert-OH is 1. The van der Waals surface area contributed by atoms with Crippen molar-refractivity contribution in [2.24, 2.45) is 5.41 Å². The fraction of sp³-hybridized carbons (Fsp3) is 0.350. The summed E-state index contributed by atoms with van der Waals surface area (Å²) in [5, 5.41) is 9.79. The lowest BCUT2D eigenvalue weighted by molar-refractivity contribution is -0.144. The highest BCUT2D eigenvalue weighted by Crippen LogP contribution is 2.31. The van der Waals surface area contributed by atoms with E-state index in [1.54, 1.807) is 0 Å². The Labute approximate surface area is 146 Å². The summed E-state index contributed by atoms with van der Waals surface area (Å²) in [4.78, 5) is 4.74. The molecule has 0 radical (unpaired) electrons.